The molecule has 0 bridgehead atoms. The molecule has 1 amide bonds. The highest BCUT2D eigenvalue weighted by Gasteiger charge is 2.18. The lowest BCUT2D eigenvalue weighted by Gasteiger charge is -2.10. The summed E-state index contributed by atoms with van der Waals surface area (Å²) in [5.41, 5.74) is 2.24. The van der Waals surface area contributed by atoms with Crippen LogP contribution in [0.3, 0.4) is 0 Å². The molecule has 6 nitrogen and oxygen atoms in total. The second-order valence-electron chi connectivity index (χ2n) is 3.84. The number of rotatable bonds is 5. The first-order valence-corrected chi connectivity index (χ1v) is 8.37. The number of thiophene rings is 1. The van der Waals surface area contributed by atoms with Crippen LogP contribution in [0.5, 0.6) is 5.75 Å². The van der Waals surface area contributed by atoms with Gasteiger partial charge in [0.1, 0.15) is 9.96 Å². The number of carbonyl (C=O) groups is 1. The number of methoxy groups -OCH3 is 1. The van der Waals surface area contributed by atoms with Crippen LogP contribution in [-0.2, 0) is 10.0 Å². The average Bonchev–Trinajstić information content (AvgIpc) is 3.00. The number of ether oxygens (including phenoxy) is 1. The zero-order chi connectivity index (χ0) is 15.5. The van der Waals surface area contributed by atoms with E-state index in [0.29, 0.717) is 5.02 Å². The van der Waals surface area contributed by atoms with Crippen LogP contribution in [-0.4, -0.2) is 21.4 Å². The molecule has 0 aliphatic carbocycles. The van der Waals surface area contributed by atoms with Crippen LogP contribution in [0.2, 0.25) is 5.02 Å². The van der Waals surface area contributed by atoms with E-state index in [4.69, 9.17) is 16.3 Å². The van der Waals surface area contributed by atoms with Crippen molar-refractivity contribution in [1.82, 2.24) is 10.3 Å². The first kappa shape index (κ1) is 15.8. The standard InChI is InChI=1S/C12H11ClN2O4S2/c1-19-10-5-4-8(13)7-9(10)12(16)14-15-21(17,18)11-3-2-6-20-11/h2-7,15H,1H3,(H,14,16). The van der Waals surface area contributed by atoms with Gasteiger partial charge in [-0.15, -0.1) is 16.2 Å². The summed E-state index contributed by atoms with van der Waals surface area (Å²) in [6.07, 6.45) is 0. The van der Waals surface area contributed by atoms with Crippen LogP contribution in [0.1, 0.15) is 10.4 Å². The van der Waals surface area contributed by atoms with Gasteiger partial charge in [-0.3, -0.25) is 10.2 Å². The number of hydrogen-bond donors (Lipinski definition) is 2. The van der Waals surface area contributed by atoms with Gasteiger partial charge in [-0.25, -0.2) is 8.42 Å². The Bertz CT molecular complexity index is 745. The minimum atomic E-state index is -3.79. The number of halogens is 1. The van der Waals surface area contributed by atoms with Gasteiger partial charge in [-0.05, 0) is 29.6 Å². The molecule has 1 aromatic carbocycles. The summed E-state index contributed by atoms with van der Waals surface area (Å²) in [6, 6.07) is 7.49. The molecule has 9 heteroatoms. The molecule has 1 heterocycles. The topological polar surface area (TPSA) is 84.5 Å². The molecule has 21 heavy (non-hydrogen) atoms. The number of sulfonamides is 1. The van der Waals surface area contributed by atoms with Crippen molar-refractivity contribution in [3.63, 3.8) is 0 Å². The summed E-state index contributed by atoms with van der Waals surface area (Å²) in [7, 11) is -2.39. The van der Waals surface area contributed by atoms with E-state index in [1.165, 1.54) is 25.3 Å². The molecule has 0 aliphatic heterocycles. The van der Waals surface area contributed by atoms with E-state index in [-0.39, 0.29) is 15.5 Å². The summed E-state index contributed by atoms with van der Waals surface area (Å²) < 4.78 is 28.9. The molecule has 0 fully saturated rings. The molecule has 0 atom stereocenters. The van der Waals surface area contributed by atoms with E-state index in [0.717, 1.165) is 11.3 Å². The van der Waals surface area contributed by atoms with Crippen LogP contribution < -0.4 is 15.0 Å². The zero-order valence-electron chi connectivity index (χ0n) is 10.8. The molecule has 0 unspecified atom stereocenters. The summed E-state index contributed by atoms with van der Waals surface area (Å²) in [5.74, 6) is -0.387. The normalized spacial score (nSPS) is 11.1. The van der Waals surface area contributed by atoms with Crippen LogP contribution in [0.15, 0.2) is 39.9 Å². The minimum Gasteiger partial charge on any atom is -0.496 e. The summed E-state index contributed by atoms with van der Waals surface area (Å²) in [5, 5.41) is 1.96. The van der Waals surface area contributed by atoms with Gasteiger partial charge in [0.25, 0.3) is 15.9 Å². The number of amides is 1. The smallest absolute Gasteiger partial charge is 0.270 e. The van der Waals surface area contributed by atoms with Crippen molar-refractivity contribution in [1.29, 1.82) is 0 Å². The second-order valence-corrected chi connectivity index (χ2v) is 7.13. The predicted molar refractivity (Wildman–Crippen MR) is 80.1 cm³/mol. The molecular formula is C12H11ClN2O4S2. The minimum absolute atomic E-state index is 0.0980. The van der Waals surface area contributed by atoms with Gasteiger partial charge in [0.15, 0.2) is 0 Å². The molecule has 0 radical (unpaired) electrons. The van der Waals surface area contributed by atoms with Crippen molar-refractivity contribution < 1.29 is 17.9 Å². The van der Waals surface area contributed by atoms with Crippen molar-refractivity contribution in [3.8, 4) is 5.75 Å². The Hall–Kier alpha value is -1.61. The Kier molecular flexibility index (Phi) is 4.84. The molecule has 2 rings (SSSR count). The van der Waals surface area contributed by atoms with E-state index in [1.54, 1.807) is 17.5 Å². The third kappa shape index (κ3) is 3.73. The molecule has 112 valence electrons. The van der Waals surface area contributed by atoms with Crippen LogP contribution in [0.4, 0.5) is 0 Å². The summed E-state index contributed by atoms with van der Waals surface area (Å²) in [4.78, 5) is 14.0. The van der Waals surface area contributed by atoms with Crippen molar-refractivity contribution in [2.75, 3.05) is 7.11 Å². The summed E-state index contributed by atoms with van der Waals surface area (Å²) >= 11 is 6.86. The first-order valence-electron chi connectivity index (χ1n) is 5.63. The maximum Gasteiger partial charge on any atom is 0.270 e. The van der Waals surface area contributed by atoms with Gasteiger partial charge in [0.05, 0.1) is 12.7 Å². The van der Waals surface area contributed by atoms with Crippen molar-refractivity contribution in [3.05, 3.63) is 46.3 Å². The number of nitrogens with one attached hydrogen (secondary N) is 2. The van der Waals surface area contributed by atoms with E-state index in [2.05, 4.69) is 5.43 Å². The highest BCUT2D eigenvalue weighted by atomic mass is 35.5. The maximum absolute atomic E-state index is 12.0. The predicted octanol–water partition coefficient (Wildman–Crippen LogP) is 2.03. The highest BCUT2D eigenvalue weighted by molar-refractivity contribution is 7.91. The second kappa shape index (κ2) is 6.44. The fourth-order valence-electron chi connectivity index (χ4n) is 1.51. The SMILES string of the molecule is COc1ccc(Cl)cc1C(=O)NNS(=O)(=O)c1cccs1. The van der Waals surface area contributed by atoms with Crippen molar-refractivity contribution in [2.45, 2.75) is 4.21 Å². The lowest BCUT2D eigenvalue weighted by atomic mass is 10.2. The third-order valence-corrected chi connectivity index (χ3v) is 5.35. The van der Waals surface area contributed by atoms with Gasteiger partial charge in [-0.2, -0.15) is 0 Å². The lowest BCUT2D eigenvalue weighted by molar-refractivity contribution is 0.0942. The number of hydrogen-bond acceptors (Lipinski definition) is 5. The largest absolute Gasteiger partial charge is 0.496 e. The summed E-state index contributed by atoms with van der Waals surface area (Å²) in [6.45, 7) is 0. The molecular weight excluding hydrogens is 336 g/mol. The average molecular weight is 347 g/mol. The van der Waals surface area contributed by atoms with Gasteiger partial charge < -0.3 is 4.74 Å². The number of hydrazine groups is 1. The third-order valence-electron chi connectivity index (χ3n) is 2.47. The van der Waals surface area contributed by atoms with Crippen LogP contribution in [0.25, 0.3) is 0 Å². The van der Waals surface area contributed by atoms with Crippen molar-refractivity contribution in [2.24, 2.45) is 0 Å². The van der Waals surface area contributed by atoms with E-state index < -0.39 is 15.9 Å². The van der Waals surface area contributed by atoms with Gasteiger partial charge in [0, 0.05) is 5.02 Å². The first-order chi connectivity index (χ1) is 9.94. The monoisotopic (exact) mass is 346 g/mol. The maximum atomic E-state index is 12.0. The van der Waals surface area contributed by atoms with E-state index in [9.17, 15) is 13.2 Å². The molecule has 1 aromatic heterocycles. The van der Waals surface area contributed by atoms with Gasteiger partial charge >= 0.3 is 0 Å². The fraction of sp³-hybridized carbons (Fsp3) is 0.0833. The Morgan fingerprint density at radius 1 is 1.33 bits per heavy atom. The molecule has 2 aromatic rings. The van der Waals surface area contributed by atoms with Crippen molar-refractivity contribution >= 4 is 38.9 Å². The number of benzene rings is 1. The number of carbonyl (C=O) groups excluding carboxylic acids is 1. The molecule has 0 aliphatic rings. The Morgan fingerprint density at radius 3 is 2.71 bits per heavy atom. The zero-order valence-corrected chi connectivity index (χ0v) is 13.2. The molecule has 0 saturated heterocycles. The molecule has 0 spiro atoms. The van der Waals surface area contributed by atoms with E-state index >= 15 is 0 Å². The Balaban J connectivity index is 2.14. The quantitative estimate of drug-likeness (QED) is 0.811. The Labute approximate surface area is 130 Å². The highest BCUT2D eigenvalue weighted by Crippen LogP contribution is 2.22. The van der Waals surface area contributed by atoms with E-state index in [1.807, 2.05) is 4.83 Å². The van der Waals surface area contributed by atoms with Gasteiger partial charge in [0.2, 0.25) is 0 Å². The molecule has 2 N–H and O–H groups in total. The molecule has 0 saturated carbocycles. The lowest BCUT2D eigenvalue weighted by Crippen LogP contribution is -2.41. The van der Waals surface area contributed by atoms with Crippen LogP contribution >= 0.6 is 22.9 Å². The Morgan fingerprint density at radius 2 is 2.10 bits per heavy atom. The van der Waals surface area contributed by atoms with Gasteiger partial charge in [-0.1, -0.05) is 17.7 Å². The fourth-order valence-corrected chi connectivity index (χ4v) is 3.51. The van der Waals surface area contributed by atoms with Crippen LogP contribution in [0, 0.1) is 0 Å².